The van der Waals surface area contributed by atoms with E-state index >= 15 is 4.39 Å². The minimum Gasteiger partial charge on any atom is -0.487 e. The van der Waals surface area contributed by atoms with E-state index in [0.717, 1.165) is 49.5 Å². The molecule has 3 atom stereocenters. The quantitative estimate of drug-likeness (QED) is 0.246. The van der Waals surface area contributed by atoms with E-state index in [1.807, 2.05) is 6.21 Å². The first kappa shape index (κ1) is 24.8. The van der Waals surface area contributed by atoms with Crippen molar-refractivity contribution in [3.05, 3.63) is 29.2 Å². The molecule has 1 aromatic rings. The van der Waals surface area contributed by atoms with Gasteiger partial charge in [0.25, 0.3) is 0 Å². The maximum atomic E-state index is 15.6. The predicted molar refractivity (Wildman–Crippen MR) is 139 cm³/mol. The van der Waals surface area contributed by atoms with Crippen LogP contribution in [0.25, 0.3) is 0 Å². The van der Waals surface area contributed by atoms with Gasteiger partial charge < -0.3 is 19.4 Å². The summed E-state index contributed by atoms with van der Waals surface area (Å²) in [4.78, 5) is 6.67. The summed E-state index contributed by atoms with van der Waals surface area (Å²) in [5.41, 5.74) is 6.83. The zero-order valence-corrected chi connectivity index (χ0v) is 21.4. The number of allylic oxidation sites excluding steroid dienone is 1. The molecule has 4 rings (SSSR count). The summed E-state index contributed by atoms with van der Waals surface area (Å²) in [6.45, 7) is 13.5. The van der Waals surface area contributed by atoms with Gasteiger partial charge in [-0.3, -0.25) is 10.7 Å². The number of ether oxygens (including phenoxy) is 1. The van der Waals surface area contributed by atoms with E-state index in [2.05, 4.69) is 71.5 Å². The molecule has 1 fully saturated rings. The third-order valence-corrected chi connectivity index (χ3v) is 7.20. The standard InChI is InChI=1S/C26H41FN6O/c1-6-7-8-9-28-20(4)30-29-15-21-16-33-18(2)17-34-26-24(33)22(19(21)3)14-23(27)25(26)32-12-10-31(5)11-13-32/h14-16,18-20,28,30H,6-13,17H2,1-5H3/b29-15+. The molecule has 2 N–H and O–H groups in total. The van der Waals surface area contributed by atoms with Gasteiger partial charge in [0, 0.05) is 38.3 Å². The summed E-state index contributed by atoms with van der Waals surface area (Å²) in [5.74, 6) is 0.522. The number of hydrazone groups is 1. The lowest BCUT2D eigenvalue weighted by atomic mass is 9.87. The Kier molecular flexibility index (Phi) is 7.99. The topological polar surface area (TPSA) is 55.4 Å². The normalized spacial score (nSPS) is 23.5. The van der Waals surface area contributed by atoms with Crippen molar-refractivity contribution in [1.82, 2.24) is 15.6 Å². The van der Waals surface area contributed by atoms with Crippen molar-refractivity contribution in [2.45, 2.75) is 65.1 Å². The lowest BCUT2D eigenvalue weighted by Crippen LogP contribution is -2.46. The molecular weight excluding hydrogens is 431 g/mol. The third kappa shape index (κ3) is 5.18. The van der Waals surface area contributed by atoms with Crippen molar-refractivity contribution >= 4 is 17.6 Å². The number of likely N-dealkylation sites (N-methyl/N-ethyl adjacent to an activating group) is 1. The van der Waals surface area contributed by atoms with Crippen molar-refractivity contribution in [3.63, 3.8) is 0 Å². The smallest absolute Gasteiger partial charge is 0.169 e. The van der Waals surface area contributed by atoms with Gasteiger partial charge >= 0.3 is 0 Å². The number of nitrogens with one attached hydrogen (secondary N) is 2. The molecule has 1 saturated heterocycles. The molecule has 0 radical (unpaired) electrons. The number of rotatable bonds is 9. The minimum atomic E-state index is -0.194. The summed E-state index contributed by atoms with van der Waals surface area (Å²) in [5, 5.41) is 7.95. The second-order valence-corrected chi connectivity index (χ2v) is 9.95. The van der Waals surface area contributed by atoms with Crippen molar-refractivity contribution < 1.29 is 9.13 Å². The number of nitrogens with zero attached hydrogens (tertiary/aromatic N) is 4. The molecule has 0 bridgehead atoms. The molecule has 0 amide bonds. The first-order valence-corrected chi connectivity index (χ1v) is 12.8. The Bertz CT molecular complexity index is 911. The molecule has 3 unspecified atom stereocenters. The molecule has 188 valence electrons. The summed E-state index contributed by atoms with van der Waals surface area (Å²) < 4.78 is 21.8. The van der Waals surface area contributed by atoms with Crippen LogP contribution in [0.5, 0.6) is 5.75 Å². The van der Waals surface area contributed by atoms with E-state index in [-0.39, 0.29) is 23.9 Å². The molecule has 3 aliphatic rings. The van der Waals surface area contributed by atoms with Gasteiger partial charge in [0.05, 0.1) is 24.1 Å². The Hall–Kier alpha value is -2.32. The zero-order chi connectivity index (χ0) is 24.2. The van der Waals surface area contributed by atoms with Crippen molar-refractivity contribution in [3.8, 4) is 5.75 Å². The highest BCUT2D eigenvalue weighted by Crippen LogP contribution is 2.51. The SMILES string of the molecule is CCCCCNC(C)N/N=C/C1=CN2c3c(cc(F)c(N4CCN(C)CC4)c3OCC2C)C1C. The van der Waals surface area contributed by atoms with Crippen LogP contribution in [0.2, 0.25) is 0 Å². The molecule has 34 heavy (non-hydrogen) atoms. The molecule has 8 heteroatoms. The Morgan fingerprint density at radius 2 is 1.97 bits per heavy atom. The number of benzene rings is 1. The van der Waals surface area contributed by atoms with E-state index in [1.165, 1.54) is 19.3 Å². The van der Waals surface area contributed by atoms with Crippen LogP contribution in [0.1, 0.15) is 58.4 Å². The Balaban J connectivity index is 1.54. The third-order valence-electron chi connectivity index (χ3n) is 7.20. The minimum absolute atomic E-state index is 0.0216. The molecule has 0 aliphatic carbocycles. The van der Waals surface area contributed by atoms with Crippen LogP contribution in [0.3, 0.4) is 0 Å². The molecule has 0 spiro atoms. The van der Waals surface area contributed by atoms with Gasteiger partial charge in [-0.2, -0.15) is 5.10 Å². The van der Waals surface area contributed by atoms with E-state index in [4.69, 9.17) is 4.74 Å². The number of hydrogen-bond donors (Lipinski definition) is 2. The first-order chi connectivity index (χ1) is 16.4. The Morgan fingerprint density at radius 3 is 2.71 bits per heavy atom. The fourth-order valence-corrected chi connectivity index (χ4v) is 4.94. The molecule has 3 aliphatic heterocycles. The molecule has 1 aromatic carbocycles. The lowest BCUT2D eigenvalue weighted by Gasteiger charge is -2.43. The van der Waals surface area contributed by atoms with Gasteiger partial charge in [-0.1, -0.05) is 26.7 Å². The van der Waals surface area contributed by atoms with Crippen molar-refractivity contribution in [2.24, 2.45) is 5.10 Å². The lowest BCUT2D eigenvalue weighted by molar-refractivity contribution is 0.271. The number of hydrogen-bond acceptors (Lipinski definition) is 7. The van der Waals surface area contributed by atoms with Gasteiger partial charge in [0.2, 0.25) is 0 Å². The van der Waals surface area contributed by atoms with E-state index in [0.29, 0.717) is 18.0 Å². The molecule has 3 heterocycles. The largest absolute Gasteiger partial charge is 0.487 e. The Morgan fingerprint density at radius 1 is 1.21 bits per heavy atom. The van der Waals surface area contributed by atoms with Crippen LogP contribution in [0.4, 0.5) is 15.8 Å². The fraction of sp³-hybridized carbons (Fsp3) is 0.654. The number of unbranched alkanes of at least 4 members (excludes halogenated alkanes) is 2. The van der Waals surface area contributed by atoms with Gasteiger partial charge in [0.1, 0.15) is 12.3 Å². The van der Waals surface area contributed by atoms with Crippen LogP contribution in [0, 0.1) is 5.82 Å². The number of anilines is 2. The fourth-order valence-electron chi connectivity index (χ4n) is 4.94. The van der Waals surface area contributed by atoms with Crippen molar-refractivity contribution in [1.29, 1.82) is 0 Å². The van der Waals surface area contributed by atoms with Crippen LogP contribution in [-0.4, -0.2) is 69.7 Å². The van der Waals surface area contributed by atoms with E-state index in [1.54, 1.807) is 6.07 Å². The highest BCUT2D eigenvalue weighted by molar-refractivity contribution is 5.88. The highest BCUT2D eigenvalue weighted by atomic mass is 19.1. The average molecular weight is 473 g/mol. The highest BCUT2D eigenvalue weighted by Gasteiger charge is 2.37. The summed E-state index contributed by atoms with van der Waals surface area (Å²) >= 11 is 0. The molecule has 0 aromatic heterocycles. The van der Waals surface area contributed by atoms with Crippen LogP contribution >= 0.6 is 0 Å². The monoisotopic (exact) mass is 472 g/mol. The maximum absolute atomic E-state index is 15.6. The average Bonchev–Trinajstić information content (AvgIpc) is 2.82. The van der Waals surface area contributed by atoms with Crippen LogP contribution in [-0.2, 0) is 0 Å². The van der Waals surface area contributed by atoms with Gasteiger partial charge in [-0.25, -0.2) is 4.39 Å². The molecule has 0 saturated carbocycles. The van der Waals surface area contributed by atoms with Crippen LogP contribution < -0.4 is 25.3 Å². The van der Waals surface area contributed by atoms with Gasteiger partial charge in [-0.15, -0.1) is 0 Å². The van der Waals surface area contributed by atoms with Crippen LogP contribution in [0.15, 0.2) is 22.9 Å². The van der Waals surface area contributed by atoms with E-state index < -0.39 is 0 Å². The predicted octanol–water partition coefficient (Wildman–Crippen LogP) is 3.87. The number of halogens is 1. The molecule has 7 nitrogen and oxygen atoms in total. The Labute approximate surface area is 204 Å². The second-order valence-electron chi connectivity index (χ2n) is 9.95. The number of piperazine rings is 1. The second kappa shape index (κ2) is 11.0. The van der Waals surface area contributed by atoms with Gasteiger partial charge in [-0.05, 0) is 51.1 Å². The molecular formula is C26H41FN6O. The summed E-state index contributed by atoms with van der Waals surface area (Å²) in [7, 11) is 2.11. The summed E-state index contributed by atoms with van der Waals surface area (Å²) in [6.07, 6.45) is 7.77. The van der Waals surface area contributed by atoms with Gasteiger partial charge in [0.15, 0.2) is 11.6 Å². The van der Waals surface area contributed by atoms with Crippen molar-refractivity contribution in [2.75, 3.05) is 56.2 Å². The summed E-state index contributed by atoms with van der Waals surface area (Å²) in [6, 6.07) is 1.89. The van der Waals surface area contributed by atoms with E-state index in [9.17, 15) is 0 Å². The zero-order valence-electron chi connectivity index (χ0n) is 21.4. The first-order valence-electron chi connectivity index (χ1n) is 12.8. The maximum Gasteiger partial charge on any atom is 0.169 e.